The van der Waals surface area contributed by atoms with E-state index in [9.17, 15) is 0 Å². The molecule has 0 saturated carbocycles. The van der Waals surface area contributed by atoms with Crippen LogP contribution in [0, 0.1) is 0 Å². The Morgan fingerprint density at radius 2 is 1.31 bits per heavy atom. The van der Waals surface area contributed by atoms with Crippen molar-refractivity contribution < 1.29 is 18.9 Å². The molecule has 0 spiro atoms. The Morgan fingerprint density at radius 3 is 1.94 bits per heavy atom. The van der Waals surface area contributed by atoms with Gasteiger partial charge < -0.3 is 18.9 Å². The van der Waals surface area contributed by atoms with E-state index in [1.54, 1.807) is 28.4 Å². The summed E-state index contributed by atoms with van der Waals surface area (Å²) in [7, 11) is 6.54. The third-order valence-electron chi connectivity index (χ3n) is 5.82. The van der Waals surface area contributed by atoms with Crippen LogP contribution in [0.5, 0.6) is 23.0 Å². The van der Waals surface area contributed by atoms with Gasteiger partial charge in [-0.15, -0.1) is 11.3 Å². The lowest BCUT2D eigenvalue weighted by Gasteiger charge is -2.11. The van der Waals surface area contributed by atoms with Crippen molar-refractivity contribution in [2.24, 2.45) is 0 Å². The lowest BCUT2D eigenvalue weighted by Crippen LogP contribution is -2.00. The maximum atomic E-state index is 5.72. The summed E-state index contributed by atoms with van der Waals surface area (Å²) < 4.78 is 24.0. The minimum absolute atomic E-state index is 0.663. The van der Waals surface area contributed by atoms with Crippen molar-refractivity contribution in [3.8, 4) is 61.9 Å². The van der Waals surface area contributed by atoms with Crippen molar-refractivity contribution in [3.05, 3.63) is 78.2 Å². The minimum atomic E-state index is 0.663. The molecule has 5 aromatic rings. The zero-order valence-corrected chi connectivity index (χ0v) is 21.2. The van der Waals surface area contributed by atoms with Gasteiger partial charge in [0, 0.05) is 34.2 Å². The van der Waals surface area contributed by atoms with Gasteiger partial charge in [-0.1, -0.05) is 30.3 Å². The number of thiazole rings is 1. The third kappa shape index (κ3) is 4.38. The van der Waals surface area contributed by atoms with Crippen molar-refractivity contribution in [1.29, 1.82) is 0 Å². The van der Waals surface area contributed by atoms with E-state index < -0.39 is 0 Å². The molecule has 0 saturated heterocycles. The van der Waals surface area contributed by atoms with Gasteiger partial charge in [-0.05, 0) is 30.3 Å². The van der Waals surface area contributed by atoms with E-state index in [1.165, 1.54) is 11.3 Å². The maximum Gasteiger partial charge on any atom is 0.211 e. The zero-order chi connectivity index (χ0) is 25.1. The molecule has 3 aromatic carbocycles. The molecule has 0 aliphatic carbocycles. The van der Waals surface area contributed by atoms with Crippen LogP contribution in [0.1, 0.15) is 0 Å². The normalized spacial score (nSPS) is 10.8. The summed E-state index contributed by atoms with van der Waals surface area (Å²) in [4.78, 5) is 4.91. The SMILES string of the molecule is COc1ccc(-c2cc(-c3ccc(OC)cc3OC)n(-c3nc(-c4ccccc4)cs3)n2)c(OC)c1. The van der Waals surface area contributed by atoms with Crippen molar-refractivity contribution >= 4 is 11.3 Å². The topological polar surface area (TPSA) is 67.6 Å². The fourth-order valence-corrected chi connectivity index (χ4v) is 4.77. The number of methoxy groups -OCH3 is 4. The van der Waals surface area contributed by atoms with E-state index in [4.69, 9.17) is 29.0 Å². The van der Waals surface area contributed by atoms with E-state index in [0.29, 0.717) is 23.0 Å². The molecule has 0 atom stereocenters. The van der Waals surface area contributed by atoms with Crippen LogP contribution in [0.25, 0.3) is 38.9 Å². The summed E-state index contributed by atoms with van der Waals surface area (Å²) in [6, 6.07) is 23.5. The van der Waals surface area contributed by atoms with Crippen molar-refractivity contribution in [1.82, 2.24) is 14.8 Å². The number of hydrogen-bond donors (Lipinski definition) is 0. The zero-order valence-electron chi connectivity index (χ0n) is 20.4. The van der Waals surface area contributed by atoms with Crippen LogP contribution in [0.15, 0.2) is 78.2 Å². The summed E-state index contributed by atoms with van der Waals surface area (Å²) in [5.74, 6) is 2.75. The Kier molecular flexibility index (Phi) is 6.60. The van der Waals surface area contributed by atoms with Gasteiger partial charge in [-0.2, -0.15) is 5.10 Å². The Bertz CT molecular complexity index is 1490. The standard InChI is InChI=1S/C28H25N3O4S/c1-32-19-10-12-21(26(14-19)34-3)23-16-25(22-13-11-20(33-2)15-27(22)35-4)31(30-23)28-29-24(17-36-28)18-8-6-5-7-9-18/h5-17H,1-4H3. The molecule has 2 heterocycles. The van der Waals surface area contributed by atoms with Crippen LogP contribution in [-0.2, 0) is 0 Å². The first-order chi connectivity index (χ1) is 17.6. The summed E-state index contributed by atoms with van der Waals surface area (Å²) in [6.45, 7) is 0. The van der Waals surface area contributed by atoms with Crippen LogP contribution in [-0.4, -0.2) is 43.2 Å². The van der Waals surface area contributed by atoms with Crippen LogP contribution in [0.2, 0.25) is 0 Å². The molecular formula is C28H25N3O4S. The van der Waals surface area contributed by atoms with E-state index in [1.807, 2.05) is 82.9 Å². The second-order valence-corrected chi connectivity index (χ2v) is 8.68. The minimum Gasteiger partial charge on any atom is -0.497 e. The lowest BCUT2D eigenvalue weighted by molar-refractivity contribution is 0.395. The lowest BCUT2D eigenvalue weighted by atomic mass is 10.1. The molecule has 2 aromatic heterocycles. The number of rotatable bonds is 8. The van der Waals surface area contributed by atoms with Crippen molar-refractivity contribution in [2.75, 3.05) is 28.4 Å². The van der Waals surface area contributed by atoms with Gasteiger partial charge in [0.1, 0.15) is 23.0 Å². The van der Waals surface area contributed by atoms with E-state index in [0.717, 1.165) is 38.9 Å². The monoisotopic (exact) mass is 499 g/mol. The highest BCUT2D eigenvalue weighted by atomic mass is 32.1. The van der Waals surface area contributed by atoms with Crippen LogP contribution < -0.4 is 18.9 Å². The average Bonchev–Trinajstić information content (AvgIpc) is 3.60. The maximum absolute atomic E-state index is 5.72. The first-order valence-corrected chi connectivity index (χ1v) is 12.1. The molecule has 5 rings (SSSR count). The Hall–Kier alpha value is -4.30. The Morgan fingerprint density at radius 1 is 0.667 bits per heavy atom. The molecule has 0 bridgehead atoms. The molecule has 0 aliphatic rings. The molecule has 0 N–H and O–H groups in total. The Balaban J connectivity index is 1.69. The van der Waals surface area contributed by atoms with Crippen LogP contribution in [0.4, 0.5) is 0 Å². The molecule has 0 amide bonds. The quantitative estimate of drug-likeness (QED) is 0.247. The third-order valence-corrected chi connectivity index (χ3v) is 6.64. The largest absolute Gasteiger partial charge is 0.497 e. The molecule has 8 heteroatoms. The van der Waals surface area contributed by atoms with Gasteiger partial charge in [0.25, 0.3) is 0 Å². The van der Waals surface area contributed by atoms with Gasteiger partial charge >= 0.3 is 0 Å². The second kappa shape index (κ2) is 10.1. The van der Waals surface area contributed by atoms with Crippen molar-refractivity contribution in [3.63, 3.8) is 0 Å². The summed E-state index contributed by atoms with van der Waals surface area (Å²) in [5, 5.41) is 7.75. The fourth-order valence-electron chi connectivity index (χ4n) is 3.97. The van der Waals surface area contributed by atoms with Crippen molar-refractivity contribution in [2.45, 2.75) is 0 Å². The summed E-state index contributed by atoms with van der Waals surface area (Å²) in [6.07, 6.45) is 0. The van der Waals surface area contributed by atoms with E-state index >= 15 is 0 Å². The molecule has 182 valence electrons. The van der Waals surface area contributed by atoms with Gasteiger partial charge in [0.15, 0.2) is 0 Å². The van der Waals surface area contributed by atoms with Gasteiger partial charge in [0.05, 0.1) is 45.5 Å². The molecular weight excluding hydrogens is 474 g/mol. The molecule has 36 heavy (non-hydrogen) atoms. The number of hydrogen-bond acceptors (Lipinski definition) is 7. The summed E-state index contributed by atoms with van der Waals surface area (Å²) in [5.41, 5.74) is 5.21. The number of benzene rings is 3. The molecule has 0 fully saturated rings. The smallest absolute Gasteiger partial charge is 0.211 e. The summed E-state index contributed by atoms with van der Waals surface area (Å²) >= 11 is 1.52. The molecule has 0 aliphatic heterocycles. The van der Waals surface area contributed by atoms with Crippen LogP contribution in [0.3, 0.4) is 0 Å². The molecule has 7 nitrogen and oxygen atoms in total. The number of nitrogens with zero attached hydrogens (tertiary/aromatic N) is 3. The number of ether oxygens (including phenoxy) is 4. The second-order valence-electron chi connectivity index (χ2n) is 7.84. The highest BCUT2D eigenvalue weighted by molar-refractivity contribution is 7.12. The Labute approximate surface area is 213 Å². The molecule has 0 unspecified atom stereocenters. The highest BCUT2D eigenvalue weighted by Gasteiger charge is 2.21. The van der Waals surface area contributed by atoms with Gasteiger partial charge in [-0.25, -0.2) is 9.67 Å². The fraction of sp³-hybridized carbons (Fsp3) is 0.143. The van der Waals surface area contributed by atoms with E-state index in [-0.39, 0.29) is 0 Å². The highest BCUT2D eigenvalue weighted by Crippen LogP contribution is 2.40. The van der Waals surface area contributed by atoms with E-state index in [2.05, 4.69) is 0 Å². The first kappa shape index (κ1) is 23.4. The average molecular weight is 500 g/mol. The predicted octanol–water partition coefficient (Wildman–Crippen LogP) is 6.36. The first-order valence-electron chi connectivity index (χ1n) is 11.2. The van der Waals surface area contributed by atoms with Gasteiger partial charge in [0.2, 0.25) is 5.13 Å². The van der Waals surface area contributed by atoms with Crippen LogP contribution >= 0.6 is 11.3 Å². The predicted molar refractivity (Wildman–Crippen MR) is 142 cm³/mol. The number of aromatic nitrogens is 3. The molecule has 0 radical (unpaired) electrons. The van der Waals surface area contributed by atoms with Gasteiger partial charge in [-0.3, -0.25) is 0 Å².